The Morgan fingerprint density at radius 1 is 1.37 bits per heavy atom. The normalized spacial score (nSPS) is 12.2. The maximum absolute atomic E-state index is 13.3. The average molecular weight is 272 g/mol. The third kappa shape index (κ3) is 4.92. The van der Waals surface area contributed by atoms with Gasteiger partial charge in [-0.15, -0.1) is 0 Å². The highest BCUT2D eigenvalue weighted by Gasteiger charge is 2.17. The first-order chi connectivity index (χ1) is 9.06. The summed E-state index contributed by atoms with van der Waals surface area (Å²) in [6.07, 6.45) is -1.03. The smallest absolute Gasteiger partial charge is 0.221 e. The van der Waals surface area contributed by atoms with Crippen molar-refractivity contribution >= 4 is 5.91 Å². The first-order valence-corrected chi connectivity index (χ1v) is 6.15. The molecule has 0 aliphatic heterocycles. The van der Waals surface area contributed by atoms with Crippen molar-refractivity contribution in [1.29, 1.82) is 0 Å². The van der Waals surface area contributed by atoms with Crippen LogP contribution in [0.3, 0.4) is 0 Å². The van der Waals surface area contributed by atoms with Gasteiger partial charge in [-0.25, -0.2) is 8.78 Å². The Kier molecular flexibility index (Phi) is 6.38. The molecule has 1 unspecified atom stereocenters. The number of aliphatic hydroxyl groups excluding tert-OH is 1. The van der Waals surface area contributed by atoms with Crippen molar-refractivity contribution in [2.75, 3.05) is 19.6 Å². The Hall–Kier alpha value is -1.53. The van der Waals surface area contributed by atoms with Crippen LogP contribution < -0.4 is 10.6 Å². The van der Waals surface area contributed by atoms with Crippen molar-refractivity contribution in [3.05, 3.63) is 35.4 Å². The number of aliphatic hydroxyl groups is 1. The number of nitrogens with one attached hydrogen (secondary N) is 2. The van der Waals surface area contributed by atoms with Gasteiger partial charge in [0.25, 0.3) is 0 Å². The lowest BCUT2D eigenvalue weighted by Gasteiger charge is -2.13. The quantitative estimate of drug-likeness (QED) is 0.652. The standard InChI is InChI=1S/C13H18F2N2O2/c1-2-17-12(19)6-7-16-8-11(18)13-9(14)4-3-5-10(13)15/h3-5,11,16,18H,2,6-8H2,1H3,(H,17,19). The fourth-order valence-corrected chi connectivity index (χ4v) is 1.66. The second-order valence-corrected chi connectivity index (χ2v) is 4.06. The molecular weight excluding hydrogens is 254 g/mol. The molecule has 1 rings (SSSR count). The minimum absolute atomic E-state index is 0.0166. The fraction of sp³-hybridized carbons (Fsp3) is 0.462. The molecule has 0 aliphatic rings. The lowest BCUT2D eigenvalue weighted by atomic mass is 10.1. The van der Waals surface area contributed by atoms with Crippen LogP contribution in [0.1, 0.15) is 25.0 Å². The molecule has 0 fully saturated rings. The van der Waals surface area contributed by atoms with E-state index in [1.54, 1.807) is 0 Å². The average Bonchev–Trinajstić information content (AvgIpc) is 2.35. The third-order valence-corrected chi connectivity index (χ3v) is 2.57. The largest absolute Gasteiger partial charge is 0.387 e. The number of rotatable bonds is 7. The molecule has 0 aromatic heterocycles. The van der Waals surface area contributed by atoms with Gasteiger partial charge in [-0.1, -0.05) is 6.07 Å². The van der Waals surface area contributed by atoms with Crippen molar-refractivity contribution in [2.45, 2.75) is 19.4 Å². The Bertz CT molecular complexity index is 407. The third-order valence-electron chi connectivity index (χ3n) is 2.57. The maximum Gasteiger partial charge on any atom is 0.221 e. The van der Waals surface area contributed by atoms with E-state index in [4.69, 9.17) is 0 Å². The predicted octanol–water partition coefficient (Wildman–Crippen LogP) is 1.11. The van der Waals surface area contributed by atoms with Gasteiger partial charge < -0.3 is 15.7 Å². The molecule has 0 saturated heterocycles. The van der Waals surface area contributed by atoms with Crippen molar-refractivity contribution in [3.63, 3.8) is 0 Å². The summed E-state index contributed by atoms with van der Waals surface area (Å²) in [5.74, 6) is -1.67. The molecule has 19 heavy (non-hydrogen) atoms. The Morgan fingerprint density at radius 3 is 2.58 bits per heavy atom. The van der Waals surface area contributed by atoms with Crippen LogP contribution in [0.15, 0.2) is 18.2 Å². The zero-order valence-corrected chi connectivity index (χ0v) is 10.7. The van der Waals surface area contributed by atoms with Gasteiger partial charge in [-0.2, -0.15) is 0 Å². The Morgan fingerprint density at radius 2 is 2.00 bits per heavy atom. The number of carbonyl (C=O) groups excluding carboxylic acids is 1. The molecule has 0 spiro atoms. The van der Waals surface area contributed by atoms with Crippen LogP contribution in [0.5, 0.6) is 0 Å². The zero-order valence-electron chi connectivity index (χ0n) is 10.7. The molecule has 0 aliphatic carbocycles. The number of amides is 1. The predicted molar refractivity (Wildman–Crippen MR) is 67.5 cm³/mol. The second-order valence-electron chi connectivity index (χ2n) is 4.06. The molecule has 6 heteroatoms. The summed E-state index contributed by atoms with van der Waals surface area (Å²) < 4.78 is 26.7. The Balaban J connectivity index is 2.39. The van der Waals surface area contributed by atoms with Crippen LogP contribution in [0.25, 0.3) is 0 Å². The lowest BCUT2D eigenvalue weighted by Crippen LogP contribution is -2.29. The van der Waals surface area contributed by atoms with Crippen molar-refractivity contribution < 1.29 is 18.7 Å². The SMILES string of the molecule is CCNC(=O)CCNCC(O)c1c(F)cccc1F. The molecule has 0 bridgehead atoms. The maximum atomic E-state index is 13.3. The van der Waals surface area contributed by atoms with E-state index in [1.165, 1.54) is 6.07 Å². The minimum atomic E-state index is -1.28. The molecule has 0 radical (unpaired) electrons. The molecule has 1 atom stereocenters. The zero-order chi connectivity index (χ0) is 14.3. The number of halogens is 2. The van der Waals surface area contributed by atoms with Crippen LogP contribution in [-0.2, 0) is 4.79 Å². The van der Waals surface area contributed by atoms with Gasteiger partial charge in [0.15, 0.2) is 0 Å². The number of benzene rings is 1. The molecule has 3 N–H and O–H groups in total. The highest BCUT2D eigenvalue weighted by atomic mass is 19.1. The highest BCUT2D eigenvalue weighted by molar-refractivity contribution is 5.75. The summed E-state index contributed by atoms with van der Waals surface area (Å²) >= 11 is 0. The van der Waals surface area contributed by atoms with E-state index in [0.29, 0.717) is 13.1 Å². The summed E-state index contributed by atoms with van der Waals surface area (Å²) in [6.45, 7) is 2.69. The van der Waals surface area contributed by atoms with Crippen molar-refractivity contribution in [1.82, 2.24) is 10.6 Å². The molecule has 4 nitrogen and oxygen atoms in total. The van der Waals surface area contributed by atoms with E-state index < -0.39 is 17.7 Å². The summed E-state index contributed by atoms with van der Waals surface area (Å²) in [7, 11) is 0. The van der Waals surface area contributed by atoms with Crippen molar-refractivity contribution in [3.8, 4) is 0 Å². The number of hydrogen-bond acceptors (Lipinski definition) is 3. The van der Waals surface area contributed by atoms with Crippen LogP contribution in [-0.4, -0.2) is 30.6 Å². The van der Waals surface area contributed by atoms with E-state index in [0.717, 1.165) is 12.1 Å². The van der Waals surface area contributed by atoms with Crippen LogP contribution >= 0.6 is 0 Å². The van der Waals surface area contributed by atoms with E-state index in [-0.39, 0.29) is 24.4 Å². The minimum Gasteiger partial charge on any atom is -0.387 e. The summed E-state index contributed by atoms with van der Waals surface area (Å²) in [4.78, 5) is 11.1. The van der Waals surface area contributed by atoms with Crippen LogP contribution in [0.4, 0.5) is 8.78 Å². The highest BCUT2D eigenvalue weighted by Crippen LogP contribution is 2.19. The fourth-order valence-electron chi connectivity index (χ4n) is 1.66. The number of hydrogen-bond donors (Lipinski definition) is 3. The monoisotopic (exact) mass is 272 g/mol. The first-order valence-electron chi connectivity index (χ1n) is 6.15. The topological polar surface area (TPSA) is 61.4 Å². The van der Waals surface area contributed by atoms with E-state index in [1.807, 2.05) is 6.92 Å². The summed E-state index contributed by atoms with van der Waals surface area (Å²) in [6, 6.07) is 3.43. The van der Waals surface area contributed by atoms with Gasteiger partial charge in [0.05, 0.1) is 11.7 Å². The van der Waals surface area contributed by atoms with E-state index >= 15 is 0 Å². The van der Waals surface area contributed by atoms with Gasteiger partial charge >= 0.3 is 0 Å². The summed E-state index contributed by atoms with van der Waals surface area (Å²) in [5.41, 5.74) is -0.354. The molecule has 0 saturated carbocycles. The van der Waals surface area contributed by atoms with Gasteiger partial charge in [0.2, 0.25) is 5.91 Å². The van der Waals surface area contributed by atoms with Crippen molar-refractivity contribution in [2.24, 2.45) is 0 Å². The molecule has 1 amide bonds. The van der Waals surface area contributed by atoms with Crippen LogP contribution in [0.2, 0.25) is 0 Å². The molecule has 106 valence electrons. The molecular formula is C13H18F2N2O2. The summed E-state index contributed by atoms with van der Waals surface area (Å²) in [5, 5.41) is 15.1. The van der Waals surface area contributed by atoms with Gasteiger partial charge in [0, 0.05) is 26.1 Å². The molecule has 1 aromatic rings. The number of carbonyl (C=O) groups is 1. The van der Waals surface area contributed by atoms with Gasteiger partial charge in [0.1, 0.15) is 11.6 Å². The Labute approximate surface area is 110 Å². The molecule has 0 heterocycles. The van der Waals surface area contributed by atoms with Gasteiger partial charge in [-0.3, -0.25) is 4.79 Å². The van der Waals surface area contributed by atoms with Crippen LogP contribution in [0, 0.1) is 11.6 Å². The molecule has 1 aromatic carbocycles. The van der Waals surface area contributed by atoms with E-state index in [2.05, 4.69) is 10.6 Å². The van der Waals surface area contributed by atoms with E-state index in [9.17, 15) is 18.7 Å². The lowest BCUT2D eigenvalue weighted by molar-refractivity contribution is -0.120. The first kappa shape index (κ1) is 15.5. The second kappa shape index (κ2) is 7.81. The van der Waals surface area contributed by atoms with Gasteiger partial charge in [-0.05, 0) is 19.1 Å².